The minimum absolute atomic E-state index is 0.127. The maximum absolute atomic E-state index is 8.80. The smallest absolute Gasteiger partial charge is 0.170 e. The first-order chi connectivity index (χ1) is 9.01. The van der Waals surface area contributed by atoms with Crippen LogP contribution >= 0.6 is 0 Å². The summed E-state index contributed by atoms with van der Waals surface area (Å²) in [4.78, 5) is 6.88. The second kappa shape index (κ2) is 5.47. The standard InChI is InChI=1S/C14H22N4O/c1-9(2)18(8-11-4-5-11)13-7-12(14(15)17-19)6-10(3)16-13/h6-7,9,11,19H,4-5,8H2,1-3H3,(H2,15,17). The van der Waals surface area contributed by atoms with Crippen LogP contribution in [0.25, 0.3) is 0 Å². The van der Waals surface area contributed by atoms with Crippen LogP contribution in [-0.2, 0) is 0 Å². The average molecular weight is 262 g/mol. The summed E-state index contributed by atoms with van der Waals surface area (Å²) >= 11 is 0. The van der Waals surface area contributed by atoms with Crippen LogP contribution in [0.3, 0.4) is 0 Å². The van der Waals surface area contributed by atoms with E-state index >= 15 is 0 Å². The van der Waals surface area contributed by atoms with E-state index in [1.54, 1.807) is 0 Å². The lowest BCUT2D eigenvalue weighted by Crippen LogP contribution is -2.34. The van der Waals surface area contributed by atoms with Crippen molar-refractivity contribution in [3.63, 3.8) is 0 Å². The third-order valence-corrected chi connectivity index (χ3v) is 3.41. The van der Waals surface area contributed by atoms with E-state index in [0.717, 1.165) is 24.0 Å². The quantitative estimate of drug-likeness (QED) is 0.369. The molecule has 0 unspecified atom stereocenters. The van der Waals surface area contributed by atoms with Crippen LogP contribution in [0.1, 0.15) is 37.9 Å². The van der Waals surface area contributed by atoms with Gasteiger partial charge in [0.05, 0.1) is 0 Å². The second-order valence-electron chi connectivity index (χ2n) is 5.53. The first-order valence-electron chi connectivity index (χ1n) is 6.74. The third-order valence-electron chi connectivity index (χ3n) is 3.41. The van der Waals surface area contributed by atoms with Crippen molar-refractivity contribution >= 4 is 11.7 Å². The van der Waals surface area contributed by atoms with Crippen molar-refractivity contribution in [3.8, 4) is 0 Å². The first-order valence-corrected chi connectivity index (χ1v) is 6.74. The van der Waals surface area contributed by atoms with E-state index in [-0.39, 0.29) is 5.84 Å². The summed E-state index contributed by atoms with van der Waals surface area (Å²) < 4.78 is 0. The molecule has 19 heavy (non-hydrogen) atoms. The molecule has 1 aromatic heterocycles. The summed E-state index contributed by atoms with van der Waals surface area (Å²) in [5.74, 6) is 1.82. The van der Waals surface area contributed by atoms with Crippen LogP contribution in [-0.4, -0.2) is 28.6 Å². The topological polar surface area (TPSA) is 74.7 Å². The lowest BCUT2D eigenvalue weighted by Gasteiger charge is -2.28. The van der Waals surface area contributed by atoms with Crippen LogP contribution < -0.4 is 10.6 Å². The number of nitrogens with two attached hydrogens (primary N) is 1. The van der Waals surface area contributed by atoms with Gasteiger partial charge in [-0.15, -0.1) is 0 Å². The molecule has 0 aliphatic heterocycles. The van der Waals surface area contributed by atoms with Gasteiger partial charge in [-0.1, -0.05) is 5.16 Å². The van der Waals surface area contributed by atoms with Crippen molar-refractivity contribution in [1.82, 2.24) is 4.98 Å². The van der Waals surface area contributed by atoms with E-state index < -0.39 is 0 Å². The monoisotopic (exact) mass is 262 g/mol. The van der Waals surface area contributed by atoms with E-state index in [1.807, 2.05) is 19.1 Å². The lowest BCUT2D eigenvalue weighted by atomic mass is 10.2. The van der Waals surface area contributed by atoms with Crippen molar-refractivity contribution in [1.29, 1.82) is 0 Å². The van der Waals surface area contributed by atoms with Gasteiger partial charge < -0.3 is 15.8 Å². The van der Waals surface area contributed by atoms with E-state index in [2.05, 4.69) is 28.9 Å². The van der Waals surface area contributed by atoms with Gasteiger partial charge in [-0.25, -0.2) is 4.98 Å². The van der Waals surface area contributed by atoms with Gasteiger partial charge in [0.1, 0.15) is 5.82 Å². The molecule has 0 spiro atoms. The average Bonchev–Trinajstić information content (AvgIpc) is 3.17. The molecule has 0 saturated heterocycles. The Hall–Kier alpha value is -1.78. The van der Waals surface area contributed by atoms with Gasteiger partial charge in [0.2, 0.25) is 0 Å². The summed E-state index contributed by atoms with van der Waals surface area (Å²) in [5, 5.41) is 11.9. The molecule has 3 N–H and O–H groups in total. The number of amidine groups is 1. The zero-order valence-electron chi connectivity index (χ0n) is 11.8. The van der Waals surface area contributed by atoms with E-state index in [0.29, 0.717) is 11.6 Å². The number of rotatable bonds is 5. The summed E-state index contributed by atoms with van der Waals surface area (Å²) in [6.07, 6.45) is 2.62. The molecule has 1 aliphatic carbocycles. The molecular weight excluding hydrogens is 240 g/mol. The van der Waals surface area contributed by atoms with Gasteiger partial charge in [-0.05, 0) is 51.7 Å². The van der Waals surface area contributed by atoms with Crippen LogP contribution in [0.15, 0.2) is 17.3 Å². The highest BCUT2D eigenvalue weighted by atomic mass is 16.4. The Labute approximate surface area is 114 Å². The molecule has 1 fully saturated rings. The zero-order valence-corrected chi connectivity index (χ0v) is 11.8. The number of hydrogen-bond acceptors (Lipinski definition) is 4. The number of pyridine rings is 1. The second-order valence-corrected chi connectivity index (χ2v) is 5.53. The van der Waals surface area contributed by atoms with Crippen LogP contribution in [0.2, 0.25) is 0 Å². The van der Waals surface area contributed by atoms with Gasteiger partial charge in [-0.3, -0.25) is 0 Å². The molecule has 104 valence electrons. The third kappa shape index (κ3) is 3.36. The van der Waals surface area contributed by atoms with E-state index in [9.17, 15) is 0 Å². The Morgan fingerprint density at radius 3 is 2.74 bits per heavy atom. The minimum Gasteiger partial charge on any atom is -0.409 e. The normalized spacial score (nSPS) is 15.9. The number of aryl methyl sites for hydroxylation is 1. The lowest BCUT2D eigenvalue weighted by molar-refractivity contribution is 0.318. The summed E-state index contributed by atoms with van der Waals surface area (Å²) in [7, 11) is 0. The molecule has 0 radical (unpaired) electrons. The summed E-state index contributed by atoms with van der Waals surface area (Å²) in [6, 6.07) is 4.11. The van der Waals surface area contributed by atoms with Crippen molar-refractivity contribution in [3.05, 3.63) is 23.4 Å². The molecule has 0 aromatic carbocycles. The van der Waals surface area contributed by atoms with Crippen molar-refractivity contribution in [2.24, 2.45) is 16.8 Å². The molecule has 1 heterocycles. The van der Waals surface area contributed by atoms with Gasteiger partial charge in [0.25, 0.3) is 0 Å². The number of hydrogen-bond donors (Lipinski definition) is 2. The molecule has 1 aliphatic rings. The number of anilines is 1. The van der Waals surface area contributed by atoms with Crippen LogP contribution in [0, 0.1) is 12.8 Å². The predicted molar refractivity (Wildman–Crippen MR) is 76.7 cm³/mol. The fraction of sp³-hybridized carbons (Fsp3) is 0.571. The highest BCUT2D eigenvalue weighted by Gasteiger charge is 2.26. The predicted octanol–water partition coefficient (Wildman–Crippen LogP) is 2.11. The fourth-order valence-corrected chi connectivity index (χ4v) is 2.15. The number of oxime groups is 1. The molecular formula is C14H22N4O. The molecule has 1 saturated carbocycles. The summed E-state index contributed by atoms with van der Waals surface area (Å²) in [5.41, 5.74) is 7.27. The molecule has 2 rings (SSSR count). The number of nitrogens with zero attached hydrogens (tertiary/aromatic N) is 3. The highest BCUT2D eigenvalue weighted by molar-refractivity contribution is 5.97. The molecule has 5 nitrogen and oxygen atoms in total. The molecule has 5 heteroatoms. The Morgan fingerprint density at radius 1 is 1.53 bits per heavy atom. The van der Waals surface area contributed by atoms with Crippen LogP contribution in [0.5, 0.6) is 0 Å². The van der Waals surface area contributed by atoms with Gasteiger partial charge in [0, 0.05) is 23.8 Å². The maximum Gasteiger partial charge on any atom is 0.170 e. The van der Waals surface area contributed by atoms with Gasteiger partial charge in [-0.2, -0.15) is 0 Å². The number of aromatic nitrogens is 1. The zero-order chi connectivity index (χ0) is 14.0. The Balaban J connectivity index is 2.32. The Kier molecular flexibility index (Phi) is 3.93. The van der Waals surface area contributed by atoms with Crippen molar-refractivity contribution < 1.29 is 5.21 Å². The first kappa shape index (κ1) is 13.6. The summed E-state index contributed by atoms with van der Waals surface area (Å²) in [6.45, 7) is 7.28. The molecule has 0 atom stereocenters. The molecule has 1 aromatic rings. The van der Waals surface area contributed by atoms with E-state index in [1.165, 1.54) is 12.8 Å². The van der Waals surface area contributed by atoms with Gasteiger partial charge in [0.15, 0.2) is 5.84 Å². The molecule has 0 amide bonds. The molecule has 0 bridgehead atoms. The maximum atomic E-state index is 8.80. The minimum atomic E-state index is 0.127. The van der Waals surface area contributed by atoms with Gasteiger partial charge >= 0.3 is 0 Å². The van der Waals surface area contributed by atoms with Crippen molar-refractivity contribution in [2.75, 3.05) is 11.4 Å². The highest BCUT2D eigenvalue weighted by Crippen LogP contribution is 2.32. The SMILES string of the molecule is Cc1cc(/C(N)=N/O)cc(N(CC2CC2)C(C)C)n1. The Morgan fingerprint density at radius 2 is 2.21 bits per heavy atom. The van der Waals surface area contributed by atoms with E-state index in [4.69, 9.17) is 10.9 Å². The largest absolute Gasteiger partial charge is 0.409 e. The van der Waals surface area contributed by atoms with Crippen LogP contribution in [0.4, 0.5) is 5.82 Å². The Bertz CT molecular complexity index is 480. The fourth-order valence-electron chi connectivity index (χ4n) is 2.15. The van der Waals surface area contributed by atoms with Crippen molar-refractivity contribution in [2.45, 2.75) is 39.7 Å².